The van der Waals surface area contributed by atoms with Gasteiger partial charge in [0.2, 0.25) is 0 Å². The number of hydrogen-bond acceptors (Lipinski definition) is 6. The minimum Gasteiger partial charge on any atom is -0.490 e. The van der Waals surface area contributed by atoms with Crippen molar-refractivity contribution in [1.82, 2.24) is 5.32 Å². The molecule has 6 nitrogen and oxygen atoms in total. The van der Waals surface area contributed by atoms with E-state index in [1.807, 2.05) is 45.9 Å². The van der Waals surface area contributed by atoms with Gasteiger partial charge < -0.3 is 19.9 Å². The van der Waals surface area contributed by atoms with Crippen LogP contribution in [0.5, 0.6) is 5.75 Å². The second-order valence-corrected chi connectivity index (χ2v) is 12.1. The van der Waals surface area contributed by atoms with Crippen molar-refractivity contribution >= 4 is 23.2 Å². The van der Waals surface area contributed by atoms with E-state index in [2.05, 4.69) is 38.2 Å². The van der Waals surface area contributed by atoms with Gasteiger partial charge in [-0.3, -0.25) is 4.79 Å². The molecular formula is C30H45NO5S. The number of aryl methyl sites for hydroxylation is 1. The van der Waals surface area contributed by atoms with Crippen molar-refractivity contribution in [3.8, 4) is 5.75 Å². The van der Waals surface area contributed by atoms with Gasteiger partial charge in [0, 0.05) is 10.3 Å². The molecule has 0 saturated carbocycles. The van der Waals surface area contributed by atoms with E-state index in [0.29, 0.717) is 4.88 Å². The number of hydrogen-bond donors (Lipinski definition) is 2. The molecule has 0 bridgehead atoms. The molecule has 0 aliphatic rings. The standard InChI is InChI=1S/C30H45NO5S/c1-10-13-21-18-22(14-15-23(21)36-19-29(8,34)28(5,6)7)30(11-2,12-3)25-17-16-24(37-25)26(32)31-20(4)27(33)35-9/h14-18,20,34H,10-13,19H2,1-9H3,(H,31,32). The summed E-state index contributed by atoms with van der Waals surface area (Å²) in [5, 5.41) is 13.6. The van der Waals surface area contributed by atoms with Gasteiger partial charge in [-0.25, -0.2) is 4.79 Å². The van der Waals surface area contributed by atoms with Gasteiger partial charge in [0.1, 0.15) is 24.0 Å². The number of aliphatic hydroxyl groups is 1. The number of benzene rings is 1. The molecule has 0 aliphatic heterocycles. The van der Waals surface area contributed by atoms with Crippen LogP contribution in [0.25, 0.3) is 0 Å². The minimum atomic E-state index is -0.967. The SMILES string of the molecule is CCCc1cc(C(CC)(CC)c2ccc(C(=O)NC(C)C(=O)OC)s2)ccc1OCC(C)(O)C(C)(C)C. The van der Waals surface area contributed by atoms with E-state index in [4.69, 9.17) is 9.47 Å². The molecule has 0 radical (unpaired) electrons. The molecule has 1 amide bonds. The predicted molar refractivity (Wildman–Crippen MR) is 151 cm³/mol. The summed E-state index contributed by atoms with van der Waals surface area (Å²) >= 11 is 1.46. The summed E-state index contributed by atoms with van der Waals surface area (Å²) in [6.45, 7) is 16.2. The van der Waals surface area contributed by atoms with E-state index >= 15 is 0 Å². The summed E-state index contributed by atoms with van der Waals surface area (Å²) in [7, 11) is 1.31. The number of thiophene rings is 1. The summed E-state index contributed by atoms with van der Waals surface area (Å²) in [5.74, 6) is 0.0484. The Kier molecular flexibility index (Phi) is 10.4. The first-order valence-corrected chi connectivity index (χ1v) is 14.1. The fourth-order valence-corrected chi connectivity index (χ4v) is 5.55. The Morgan fingerprint density at radius 2 is 1.70 bits per heavy atom. The Labute approximate surface area is 226 Å². The van der Waals surface area contributed by atoms with E-state index in [1.54, 1.807) is 6.92 Å². The highest BCUT2D eigenvalue weighted by atomic mass is 32.1. The molecule has 37 heavy (non-hydrogen) atoms. The van der Waals surface area contributed by atoms with E-state index in [1.165, 1.54) is 24.0 Å². The molecule has 2 N–H and O–H groups in total. The van der Waals surface area contributed by atoms with Crippen molar-refractivity contribution in [1.29, 1.82) is 0 Å². The van der Waals surface area contributed by atoms with Crippen molar-refractivity contribution in [2.75, 3.05) is 13.7 Å². The quantitative estimate of drug-likeness (QED) is 0.315. The largest absolute Gasteiger partial charge is 0.490 e. The molecule has 0 aliphatic carbocycles. The predicted octanol–water partition coefficient (Wildman–Crippen LogP) is 6.27. The number of nitrogens with one attached hydrogen (secondary N) is 1. The lowest BCUT2D eigenvalue weighted by atomic mass is 9.74. The van der Waals surface area contributed by atoms with Crippen LogP contribution < -0.4 is 10.1 Å². The van der Waals surface area contributed by atoms with Crippen LogP contribution in [0.15, 0.2) is 30.3 Å². The van der Waals surface area contributed by atoms with Crippen LogP contribution in [0, 0.1) is 5.41 Å². The topological polar surface area (TPSA) is 84.9 Å². The molecule has 1 aromatic carbocycles. The van der Waals surface area contributed by atoms with Crippen molar-refractivity contribution in [2.45, 2.75) is 98.1 Å². The van der Waals surface area contributed by atoms with Crippen LogP contribution in [0.2, 0.25) is 0 Å². The van der Waals surface area contributed by atoms with Gasteiger partial charge in [-0.2, -0.15) is 0 Å². The van der Waals surface area contributed by atoms with Crippen LogP contribution >= 0.6 is 11.3 Å². The molecule has 1 heterocycles. The number of esters is 1. The lowest BCUT2D eigenvalue weighted by Crippen LogP contribution is -2.45. The van der Waals surface area contributed by atoms with Crippen LogP contribution in [0.4, 0.5) is 0 Å². The third-order valence-corrected chi connectivity index (χ3v) is 8.96. The molecule has 7 heteroatoms. The number of carbonyl (C=O) groups is 2. The van der Waals surface area contributed by atoms with Gasteiger partial charge in [0.05, 0.1) is 12.0 Å². The lowest BCUT2D eigenvalue weighted by molar-refractivity contribution is -0.142. The van der Waals surface area contributed by atoms with Gasteiger partial charge in [-0.15, -0.1) is 11.3 Å². The first kappa shape index (κ1) is 30.8. The van der Waals surface area contributed by atoms with Gasteiger partial charge in [0.25, 0.3) is 5.91 Å². The van der Waals surface area contributed by atoms with Crippen molar-refractivity contribution in [2.24, 2.45) is 5.41 Å². The molecule has 206 valence electrons. The van der Waals surface area contributed by atoms with Crippen molar-refractivity contribution < 1.29 is 24.2 Å². The number of carbonyl (C=O) groups excluding carboxylic acids is 2. The molecule has 0 saturated heterocycles. The molecule has 2 rings (SSSR count). The summed E-state index contributed by atoms with van der Waals surface area (Å²) in [5.41, 5.74) is 0.778. The first-order valence-electron chi connectivity index (χ1n) is 13.2. The number of amides is 1. The monoisotopic (exact) mass is 531 g/mol. The average molecular weight is 532 g/mol. The summed E-state index contributed by atoms with van der Waals surface area (Å²) in [6, 6.07) is 9.52. The minimum absolute atomic E-state index is 0.215. The van der Waals surface area contributed by atoms with E-state index in [-0.39, 0.29) is 23.3 Å². The zero-order valence-corrected chi connectivity index (χ0v) is 24.8. The molecule has 2 aromatic rings. The van der Waals surface area contributed by atoms with Gasteiger partial charge in [0.15, 0.2) is 0 Å². The third-order valence-electron chi connectivity index (χ3n) is 7.67. The van der Waals surface area contributed by atoms with Gasteiger partial charge in [-0.05, 0) is 67.9 Å². The molecule has 0 spiro atoms. The highest BCUT2D eigenvalue weighted by molar-refractivity contribution is 7.14. The summed E-state index contributed by atoms with van der Waals surface area (Å²) < 4.78 is 10.9. The molecule has 0 fully saturated rings. The highest BCUT2D eigenvalue weighted by Gasteiger charge is 2.37. The van der Waals surface area contributed by atoms with Crippen LogP contribution in [0.1, 0.15) is 100 Å². The molecule has 2 unspecified atom stereocenters. The number of methoxy groups -OCH3 is 1. The lowest BCUT2D eigenvalue weighted by Gasteiger charge is -2.37. The maximum atomic E-state index is 12.8. The van der Waals surface area contributed by atoms with E-state index in [0.717, 1.165) is 41.9 Å². The second kappa shape index (κ2) is 12.4. The van der Waals surface area contributed by atoms with E-state index in [9.17, 15) is 14.7 Å². The molecular weight excluding hydrogens is 486 g/mol. The normalized spacial score (nSPS) is 14.5. The van der Waals surface area contributed by atoms with Gasteiger partial charge in [-0.1, -0.05) is 60.1 Å². The summed E-state index contributed by atoms with van der Waals surface area (Å²) in [6.07, 6.45) is 3.58. The number of rotatable bonds is 12. The number of ether oxygens (including phenoxy) is 2. The van der Waals surface area contributed by atoms with Crippen LogP contribution in [0.3, 0.4) is 0 Å². The zero-order chi connectivity index (χ0) is 28.0. The second-order valence-electron chi connectivity index (χ2n) is 11.1. The van der Waals surface area contributed by atoms with Crippen molar-refractivity contribution in [3.05, 3.63) is 51.2 Å². The Morgan fingerprint density at radius 3 is 2.24 bits per heavy atom. The Morgan fingerprint density at radius 1 is 1.05 bits per heavy atom. The zero-order valence-electron chi connectivity index (χ0n) is 24.0. The van der Waals surface area contributed by atoms with Crippen LogP contribution in [-0.2, 0) is 21.4 Å². The molecule has 1 aromatic heterocycles. The maximum absolute atomic E-state index is 12.8. The van der Waals surface area contributed by atoms with Gasteiger partial charge >= 0.3 is 5.97 Å². The smallest absolute Gasteiger partial charge is 0.328 e. The Bertz CT molecular complexity index is 1060. The third kappa shape index (κ3) is 6.94. The average Bonchev–Trinajstić information content (AvgIpc) is 3.34. The summed E-state index contributed by atoms with van der Waals surface area (Å²) in [4.78, 5) is 26.2. The maximum Gasteiger partial charge on any atom is 0.328 e. The highest BCUT2D eigenvalue weighted by Crippen LogP contribution is 2.43. The fraction of sp³-hybridized carbons (Fsp3) is 0.600. The van der Waals surface area contributed by atoms with Crippen LogP contribution in [-0.4, -0.2) is 42.3 Å². The fourth-order valence-electron chi connectivity index (χ4n) is 4.29. The Balaban J connectivity index is 2.40. The Hall–Kier alpha value is -2.38. The van der Waals surface area contributed by atoms with Crippen molar-refractivity contribution in [3.63, 3.8) is 0 Å². The first-order chi connectivity index (χ1) is 17.3. The molecule has 2 atom stereocenters. The van der Waals surface area contributed by atoms with E-state index < -0.39 is 17.6 Å².